The van der Waals surface area contributed by atoms with Gasteiger partial charge in [0, 0.05) is 12.1 Å². The van der Waals surface area contributed by atoms with Crippen LogP contribution in [0, 0.1) is 5.82 Å². The number of ketones is 1. The van der Waals surface area contributed by atoms with Crippen molar-refractivity contribution < 1.29 is 23.8 Å². The zero-order valence-corrected chi connectivity index (χ0v) is 17.5. The summed E-state index contributed by atoms with van der Waals surface area (Å²) in [6.45, 7) is 0.241. The molecule has 4 rings (SSSR count). The van der Waals surface area contributed by atoms with Crippen LogP contribution in [0.15, 0.2) is 84.4 Å². The Kier molecular flexibility index (Phi) is 6.03. The number of aliphatic hydroxyl groups excluding tert-OH is 1. The second-order valence-electron chi connectivity index (χ2n) is 7.51. The molecule has 0 saturated carbocycles. The summed E-state index contributed by atoms with van der Waals surface area (Å²) in [5, 5.41) is 11.1. The lowest BCUT2D eigenvalue weighted by Gasteiger charge is -2.25. The number of benzene rings is 3. The topological polar surface area (TPSA) is 66.8 Å². The number of rotatable bonds is 6. The van der Waals surface area contributed by atoms with Crippen molar-refractivity contribution in [3.05, 3.63) is 107 Å². The Morgan fingerprint density at radius 3 is 2.41 bits per heavy atom. The van der Waals surface area contributed by atoms with Crippen molar-refractivity contribution in [2.45, 2.75) is 12.5 Å². The quantitative estimate of drug-likeness (QED) is 0.355. The van der Waals surface area contributed by atoms with Crippen LogP contribution in [0.1, 0.15) is 22.7 Å². The van der Waals surface area contributed by atoms with Crippen LogP contribution in [-0.4, -0.2) is 35.4 Å². The number of halogens is 1. The van der Waals surface area contributed by atoms with Crippen LogP contribution in [0.4, 0.5) is 4.39 Å². The van der Waals surface area contributed by atoms with Crippen molar-refractivity contribution in [1.82, 2.24) is 4.90 Å². The molecule has 1 atom stereocenters. The van der Waals surface area contributed by atoms with Crippen LogP contribution < -0.4 is 4.74 Å². The van der Waals surface area contributed by atoms with E-state index in [9.17, 15) is 19.1 Å². The minimum absolute atomic E-state index is 0.0357. The zero-order chi connectivity index (χ0) is 22.7. The minimum atomic E-state index is -0.738. The zero-order valence-electron chi connectivity index (χ0n) is 17.5. The summed E-state index contributed by atoms with van der Waals surface area (Å²) in [5.74, 6) is -1.48. The van der Waals surface area contributed by atoms with Crippen LogP contribution >= 0.6 is 0 Å². The minimum Gasteiger partial charge on any atom is -0.507 e. The highest BCUT2D eigenvalue weighted by molar-refractivity contribution is 6.46. The van der Waals surface area contributed by atoms with E-state index in [1.54, 1.807) is 36.4 Å². The summed E-state index contributed by atoms with van der Waals surface area (Å²) in [7, 11) is 1.51. The second-order valence-corrected chi connectivity index (χ2v) is 7.51. The first kappa shape index (κ1) is 21.3. The molecule has 5 nitrogen and oxygen atoms in total. The molecule has 0 spiro atoms. The molecule has 1 fully saturated rings. The lowest BCUT2D eigenvalue weighted by Crippen LogP contribution is -2.31. The number of Topliss-reactive ketones (excluding diaryl/α,β-unsaturated/α-hetero) is 1. The third-order valence-electron chi connectivity index (χ3n) is 5.55. The Balaban J connectivity index is 1.76. The van der Waals surface area contributed by atoms with Crippen molar-refractivity contribution in [2.24, 2.45) is 0 Å². The molecule has 0 aliphatic carbocycles. The summed E-state index contributed by atoms with van der Waals surface area (Å²) in [6.07, 6.45) is 0.440. The molecule has 1 saturated heterocycles. The van der Waals surface area contributed by atoms with Gasteiger partial charge in [0.05, 0.1) is 18.7 Å². The smallest absolute Gasteiger partial charge is 0.295 e. The van der Waals surface area contributed by atoms with E-state index >= 15 is 0 Å². The fourth-order valence-corrected chi connectivity index (χ4v) is 3.92. The Labute approximate surface area is 185 Å². The van der Waals surface area contributed by atoms with Gasteiger partial charge in [-0.15, -0.1) is 0 Å². The fourth-order valence-electron chi connectivity index (χ4n) is 3.92. The SMILES string of the molecule is COc1cccc(/C(O)=C2/C(=O)C(=O)N(CCc3ccc(F)cc3)C2c2ccccc2)c1. The average Bonchev–Trinajstić information content (AvgIpc) is 3.08. The molecular weight excluding hydrogens is 409 g/mol. The average molecular weight is 431 g/mol. The van der Waals surface area contributed by atoms with E-state index in [1.807, 2.05) is 30.3 Å². The van der Waals surface area contributed by atoms with Crippen LogP contribution in [-0.2, 0) is 16.0 Å². The summed E-state index contributed by atoms with van der Waals surface area (Å²) in [5.41, 5.74) is 1.98. The molecule has 1 amide bonds. The highest BCUT2D eigenvalue weighted by Crippen LogP contribution is 2.39. The maximum absolute atomic E-state index is 13.2. The van der Waals surface area contributed by atoms with Crippen molar-refractivity contribution >= 4 is 17.4 Å². The molecule has 1 unspecified atom stereocenters. The number of nitrogens with zero attached hydrogens (tertiary/aromatic N) is 1. The fraction of sp³-hybridized carbons (Fsp3) is 0.154. The number of methoxy groups -OCH3 is 1. The molecule has 6 heteroatoms. The third kappa shape index (κ3) is 4.12. The van der Waals surface area contributed by atoms with Gasteiger partial charge in [0.1, 0.15) is 17.3 Å². The van der Waals surface area contributed by atoms with Crippen molar-refractivity contribution in [1.29, 1.82) is 0 Å². The number of carbonyl (C=O) groups is 2. The number of hydrogen-bond donors (Lipinski definition) is 1. The van der Waals surface area contributed by atoms with E-state index in [0.29, 0.717) is 17.7 Å². The number of hydrogen-bond acceptors (Lipinski definition) is 4. The summed E-state index contributed by atoms with van der Waals surface area (Å²) < 4.78 is 18.4. The van der Waals surface area contributed by atoms with E-state index < -0.39 is 17.7 Å². The van der Waals surface area contributed by atoms with Gasteiger partial charge in [-0.1, -0.05) is 54.6 Å². The Hall–Kier alpha value is -3.93. The first-order chi connectivity index (χ1) is 15.5. The van der Waals surface area contributed by atoms with Gasteiger partial charge >= 0.3 is 0 Å². The predicted molar refractivity (Wildman–Crippen MR) is 119 cm³/mol. The number of carbonyl (C=O) groups excluding carboxylic acids is 2. The van der Waals surface area contributed by atoms with Crippen LogP contribution in [0.25, 0.3) is 5.76 Å². The highest BCUT2D eigenvalue weighted by Gasteiger charge is 2.45. The second kappa shape index (κ2) is 9.06. The van der Waals surface area contributed by atoms with Crippen molar-refractivity contribution in [3.63, 3.8) is 0 Å². The molecule has 1 aliphatic heterocycles. The van der Waals surface area contributed by atoms with Crippen molar-refractivity contribution in [2.75, 3.05) is 13.7 Å². The monoisotopic (exact) mass is 431 g/mol. The molecule has 1 heterocycles. The van der Waals surface area contributed by atoms with E-state index in [2.05, 4.69) is 0 Å². The van der Waals surface area contributed by atoms with Gasteiger partial charge in [0.15, 0.2) is 0 Å². The first-order valence-corrected chi connectivity index (χ1v) is 10.2. The standard InChI is InChI=1S/C26H22FNO4/c1-32-21-9-5-8-19(16-21)24(29)22-23(18-6-3-2-4-7-18)28(26(31)25(22)30)15-14-17-10-12-20(27)13-11-17/h2-13,16,23,29H,14-15H2,1H3/b24-22-. The first-order valence-electron chi connectivity index (χ1n) is 10.2. The Bertz CT molecular complexity index is 1170. The maximum atomic E-state index is 13.2. The molecule has 0 bridgehead atoms. The van der Waals surface area contributed by atoms with Gasteiger partial charge in [-0.2, -0.15) is 0 Å². The van der Waals surface area contributed by atoms with Gasteiger partial charge in [0.25, 0.3) is 11.7 Å². The molecule has 3 aromatic carbocycles. The van der Waals surface area contributed by atoms with Crippen LogP contribution in [0.2, 0.25) is 0 Å². The van der Waals surface area contributed by atoms with Gasteiger partial charge in [-0.25, -0.2) is 4.39 Å². The number of likely N-dealkylation sites (tertiary alicyclic amines) is 1. The lowest BCUT2D eigenvalue weighted by atomic mass is 9.95. The lowest BCUT2D eigenvalue weighted by molar-refractivity contribution is -0.139. The molecular formula is C26H22FNO4. The van der Waals surface area contributed by atoms with E-state index in [-0.39, 0.29) is 23.7 Å². The molecule has 1 aliphatic rings. The molecule has 0 radical (unpaired) electrons. The molecule has 162 valence electrons. The Morgan fingerprint density at radius 2 is 1.72 bits per heavy atom. The molecule has 32 heavy (non-hydrogen) atoms. The van der Waals surface area contributed by atoms with Gasteiger partial charge in [-0.3, -0.25) is 9.59 Å². The number of aliphatic hydroxyl groups is 1. The highest BCUT2D eigenvalue weighted by atomic mass is 19.1. The summed E-state index contributed by atoms with van der Waals surface area (Å²) in [6, 6.07) is 21.1. The predicted octanol–water partition coefficient (Wildman–Crippen LogP) is 4.50. The number of ether oxygens (including phenoxy) is 1. The van der Waals surface area contributed by atoms with Crippen LogP contribution in [0.3, 0.4) is 0 Å². The van der Waals surface area contributed by atoms with Gasteiger partial charge in [-0.05, 0) is 41.8 Å². The summed E-state index contributed by atoms with van der Waals surface area (Å²) in [4.78, 5) is 27.5. The van der Waals surface area contributed by atoms with Gasteiger partial charge in [0.2, 0.25) is 0 Å². The number of amides is 1. The van der Waals surface area contributed by atoms with E-state index in [1.165, 1.54) is 24.1 Å². The molecule has 1 N–H and O–H groups in total. The summed E-state index contributed by atoms with van der Waals surface area (Å²) >= 11 is 0. The molecule has 0 aromatic heterocycles. The molecule has 3 aromatic rings. The maximum Gasteiger partial charge on any atom is 0.295 e. The van der Waals surface area contributed by atoms with Crippen LogP contribution in [0.5, 0.6) is 5.75 Å². The third-order valence-corrected chi connectivity index (χ3v) is 5.55. The van der Waals surface area contributed by atoms with E-state index in [4.69, 9.17) is 4.74 Å². The normalized spacial score (nSPS) is 17.6. The largest absolute Gasteiger partial charge is 0.507 e. The Morgan fingerprint density at radius 1 is 1.00 bits per heavy atom. The van der Waals surface area contributed by atoms with E-state index in [0.717, 1.165) is 11.1 Å². The van der Waals surface area contributed by atoms with Crippen molar-refractivity contribution in [3.8, 4) is 5.75 Å². The van der Waals surface area contributed by atoms with Gasteiger partial charge < -0.3 is 14.7 Å².